The van der Waals surface area contributed by atoms with Gasteiger partial charge in [0, 0.05) is 19.0 Å². The zero-order chi connectivity index (χ0) is 16.2. The molecule has 0 saturated carbocycles. The molecule has 0 saturated heterocycles. The fourth-order valence-corrected chi connectivity index (χ4v) is 3.03. The number of hydrogen-bond donors (Lipinski definition) is 1. The molecular formula is C13H18F2N2O3S. The Bertz CT molecular complexity index is 598. The monoisotopic (exact) mass is 320 g/mol. The van der Waals surface area contributed by atoms with Gasteiger partial charge < -0.3 is 5.32 Å². The summed E-state index contributed by atoms with van der Waals surface area (Å²) in [4.78, 5) is 11.7. The Morgan fingerprint density at radius 3 is 2.24 bits per heavy atom. The Hall–Kier alpha value is -1.54. The second-order valence-electron chi connectivity index (χ2n) is 4.86. The third kappa shape index (κ3) is 5.05. The second kappa shape index (κ2) is 6.95. The van der Waals surface area contributed by atoms with E-state index in [1.54, 1.807) is 13.8 Å². The molecule has 0 heterocycles. The van der Waals surface area contributed by atoms with Crippen molar-refractivity contribution in [3.63, 3.8) is 0 Å². The smallest absolute Gasteiger partial charge is 0.225 e. The predicted octanol–water partition coefficient (Wildman–Crippen LogP) is 1.96. The summed E-state index contributed by atoms with van der Waals surface area (Å²) in [6, 6.07) is 2.92. The molecule has 21 heavy (non-hydrogen) atoms. The quantitative estimate of drug-likeness (QED) is 0.871. The highest BCUT2D eigenvalue weighted by atomic mass is 32.2. The molecule has 0 aromatic heterocycles. The van der Waals surface area contributed by atoms with E-state index >= 15 is 0 Å². The summed E-state index contributed by atoms with van der Waals surface area (Å²) in [5.41, 5.74) is -0.530. The number of halogens is 2. The number of carbonyl (C=O) groups excluding carboxylic acids is 1. The fraction of sp³-hybridized carbons (Fsp3) is 0.462. The van der Waals surface area contributed by atoms with Crippen LogP contribution in [0.4, 0.5) is 14.5 Å². The van der Waals surface area contributed by atoms with E-state index in [2.05, 4.69) is 5.32 Å². The fourth-order valence-electron chi connectivity index (χ4n) is 1.84. The Morgan fingerprint density at radius 2 is 1.81 bits per heavy atom. The van der Waals surface area contributed by atoms with Gasteiger partial charge in [-0.15, -0.1) is 0 Å². The first-order valence-electron chi connectivity index (χ1n) is 6.33. The van der Waals surface area contributed by atoms with Crippen LogP contribution in [-0.4, -0.2) is 37.5 Å². The first kappa shape index (κ1) is 17.5. The highest BCUT2D eigenvalue weighted by molar-refractivity contribution is 7.88. The summed E-state index contributed by atoms with van der Waals surface area (Å²) in [6.07, 6.45) is 0.848. The zero-order valence-corrected chi connectivity index (χ0v) is 12.9. The van der Waals surface area contributed by atoms with Crippen molar-refractivity contribution in [2.24, 2.45) is 0 Å². The standard InChI is InChI=1S/C13H18F2N2O3S/c1-9(2)17(21(3,19)20)8-7-12(18)16-13-10(14)5-4-6-11(13)15/h4-6,9H,7-8H2,1-3H3,(H,16,18). The number of rotatable bonds is 6. The Labute approximate surface area is 123 Å². The van der Waals surface area contributed by atoms with Gasteiger partial charge in [0.25, 0.3) is 0 Å². The third-order valence-electron chi connectivity index (χ3n) is 2.79. The average molecular weight is 320 g/mol. The van der Waals surface area contributed by atoms with E-state index in [0.29, 0.717) is 0 Å². The molecule has 0 unspecified atom stereocenters. The first-order chi connectivity index (χ1) is 9.62. The van der Waals surface area contributed by atoms with Gasteiger partial charge >= 0.3 is 0 Å². The summed E-state index contributed by atoms with van der Waals surface area (Å²) < 4.78 is 50.9. The van der Waals surface area contributed by atoms with Crippen LogP contribution in [0, 0.1) is 11.6 Å². The summed E-state index contributed by atoms with van der Waals surface area (Å²) in [7, 11) is -3.44. The van der Waals surface area contributed by atoms with E-state index in [1.807, 2.05) is 0 Å². The first-order valence-corrected chi connectivity index (χ1v) is 8.18. The van der Waals surface area contributed by atoms with Crippen molar-refractivity contribution < 1.29 is 22.0 Å². The van der Waals surface area contributed by atoms with E-state index in [0.717, 1.165) is 22.7 Å². The van der Waals surface area contributed by atoms with Gasteiger partial charge in [-0.1, -0.05) is 6.07 Å². The number of anilines is 1. The molecular weight excluding hydrogens is 302 g/mol. The maximum atomic E-state index is 13.4. The molecule has 0 spiro atoms. The minimum absolute atomic E-state index is 0.0571. The van der Waals surface area contributed by atoms with Gasteiger partial charge in [-0.3, -0.25) is 4.79 Å². The molecule has 0 atom stereocenters. The van der Waals surface area contributed by atoms with Gasteiger partial charge in [0.1, 0.15) is 17.3 Å². The molecule has 0 fully saturated rings. The molecule has 1 aromatic rings. The van der Waals surface area contributed by atoms with Gasteiger partial charge in [-0.05, 0) is 26.0 Å². The zero-order valence-electron chi connectivity index (χ0n) is 12.1. The summed E-state index contributed by atoms with van der Waals surface area (Å²) >= 11 is 0. The lowest BCUT2D eigenvalue weighted by atomic mass is 10.2. The lowest BCUT2D eigenvalue weighted by molar-refractivity contribution is -0.116. The Kier molecular flexibility index (Phi) is 5.79. The average Bonchev–Trinajstić information content (AvgIpc) is 2.32. The van der Waals surface area contributed by atoms with Gasteiger partial charge in [0.05, 0.1) is 6.26 Å². The summed E-state index contributed by atoms with van der Waals surface area (Å²) in [6.45, 7) is 3.30. The number of nitrogens with zero attached hydrogens (tertiary/aromatic N) is 1. The number of sulfonamides is 1. The molecule has 0 aliphatic rings. The highest BCUT2D eigenvalue weighted by Gasteiger charge is 2.21. The SMILES string of the molecule is CC(C)N(CCC(=O)Nc1c(F)cccc1F)S(C)(=O)=O. The Balaban J connectivity index is 2.70. The molecule has 8 heteroatoms. The predicted molar refractivity (Wildman–Crippen MR) is 76.3 cm³/mol. The van der Waals surface area contributed by atoms with Crippen LogP contribution in [0.1, 0.15) is 20.3 Å². The van der Waals surface area contributed by atoms with Crippen LogP contribution in [0.2, 0.25) is 0 Å². The van der Waals surface area contributed by atoms with Gasteiger partial charge in [-0.2, -0.15) is 4.31 Å². The molecule has 1 amide bonds. The molecule has 1 aromatic carbocycles. The molecule has 0 aliphatic heterocycles. The maximum absolute atomic E-state index is 13.4. The van der Waals surface area contributed by atoms with Crippen molar-refractivity contribution in [2.45, 2.75) is 26.3 Å². The van der Waals surface area contributed by atoms with Gasteiger partial charge in [0.15, 0.2) is 0 Å². The van der Waals surface area contributed by atoms with Crippen LogP contribution in [0.5, 0.6) is 0 Å². The highest BCUT2D eigenvalue weighted by Crippen LogP contribution is 2.18. The van der Waals surface area contributed by atoms with Crippen molar-refractivity contribution in [1.29, 1.82) is 0 Å². The van der Waals surface area contributed by atoms with Crippen LogP contribution in [0.25, 0.3) is 0 Å². The molecule has 5 nitrogen and oxygen atoms in total. The summed E-state index contributed by atoms with van der Waals surface area (Å²) in [5.74, 6) is -2.42. The number of para-hydroxylation sites is 1. The van der Waals surface area contributed by atoms with Crippen molar-refractivity contribution in [1.82, 2.24) is 4.31 Å². The molecule has 0 bridgehead atoms. The maximum Gasteiger partial charge on any atom is 0.225 e. The lowest BCUT2D eigenvalue weighted by Gasteiger charge is -2.23. The third-order valence-corrected chi connectivity index (χ3v) is 4.24. The molecule has 0 aliphatic carbocycles. The van der Waals surface area contributed by atoms with E-state index in [1.165, 1.54) is 6.07 Å². The van der Waals surface area contributed by atoms with E-state index in [-0.39, 0.29) is 19.0 Å². The Morgan fingerprint density at radius 1 is 1.29 bits per heavy atom. The minimum atomic E-state index is -3.44. The van der Waals surface area contributed by atoms with Crippen molar-refractivity contribution >= 4 is 21.6 Å². The van der Waals surface area contributed by atoms with Crippen molar-refractivity contribution in [2.75, 3.05) is 18.1 Å². The van der Waals surface area contributed by atoms with Crippen molar-refractivity contribution in [3.05, 3.63) is 29.8 Å². The lowest BCUT2D eigenvalue weighted by Crippen LogP contribution is -2.38. The van der Waals surface area contributed by atoms with E-state index in [4.69, 9.17) is 0 Å². The number of hydrogen-bond acceptors (Lipinski definition) is 3. The van der Waals surface area contributed by atoms with Crippen LogP contribution in [-0.2, 0) is 14.8 Å². The van der Waals surface area contributed by atoms with Gasteiger partial charge in [0.2, 0.25) is 15.9 Å². The molecule has 118 valence electrons. The minimum Gasteiger partial charge on any atom is -0.321 e. The van der Waals surface area contributed by atoms with Crippen LogP contribution in [0.15, 0.2) is 18.2 Å². The molecule has 1 rings (SSSR count). The number of carbonyl (C=O) groups is 1. The van der Waals surface area contributed by atoms with Crippen LogP contribution in [0.3, 0.4) is 0 Å². The van der Waals surface area contributed by atoms with E-state index in [9.17, 15) is 22.0 Å². The van der Waals surface area contributed by atoms with Gasteiger partial charge in [-0.25, -0.2) is 17.2 Å². The molecule has 1 N–H and O–H groups in total. The largest absolute Gasteiger partial charge is 0.321 e. The number of amides is 1. The normalized spacial score (nSPS) is 12.0. The van der Waals surface area contributed by atoms with Crippen LogP contribution >= 0.6 is 0 Å². The summed E-state index contributed by atoms with van der Waals surface area (Å²) in [5, 5.41) is 2.11. The van der Waals surface area contributed by atoms with Crippen LogP contribution < -0.4 is 5.32 Å². The van der Waals surface area contributed by atoms with Crippen molar-refractivity contribution in [3.8, 4) is 0 Å². The topological polar surface area (TPSA) is 66.5 Å². The van der Waals surface area contributed by atoms with E-state index < -0.39 is 33.3 Å². The molecule has 0 radical (unpaired) electrons. The number of benzene rings is 1. The number of nitrogens with one attached hydrogen (secondary N) is 1. The second-order valence-corrected chi connectivity index (χ2v) is 6.80.